The molecule has 3 amide bonds. The van der Waals surface area contributed by atoms with Gasteiger partial charge in [-0.25, -0.2) is 9.69 Å². The number of ether oxygens (including phenoxy) is 1. The van der Waals surface area contributed by atoms with Gasteiger partial charge in [-0.1, -0.05) is 35.9 Å². The first kappa shape index (κ1) is 14.0. The van der Waals surface area contributed by atoms with Gasteiger partial charge in [0, 0.05) is 5.69 Å². The summed E-state index contributed by atoms with van der Waals surface area (Å²) in [6.07, 6.45) is 0. The van der Waals surface area contributed by atoms with Crippen LogP contribution in [0.15, 0.2) is 54.6 Å². The molecule has 2 heterocycles. The zero-order valence-corrected chi connectivity index (χ0v) is 12.7. The van der Waals surface area contributed by atoms with Gasteiger partial charge < -0.3 is 4.74 Å². The molecule has 116 valence electrons. The Balaban J connectivity index is 1.81. The number of anilines is 2. The Morgan fingerprint density at radius 1 is 0.913 bits per heavy atom. The van der Waals surface area contributed by atoms with Crippen LogP contribution in [-0.2, 0) is 9.53 Å². The average Bonchev–Trinajstić information content (AvgIpc) is 2.76. The smallest absolute Gasteiger partial charge is 0.337 e. The van der Waals surface area contributed by atoms with E-state index in [9.17, 15) is 9.59 Å². The lowest BCUT2D eigenvalue weighted by molar-refractivity contribution is -0.136. The Bertz CT molecular complexity index is 767. The van der Waals surface area contributed by atoms with Crippen molar-refractivity contribution in [3.8, 4) is 0 Å². The Morgan fingerprint density at radius 3 is 2.13 bits per heavy atom. The van der Waals surface area contributed by atoms with Crippen molar-refractivity contribution in [2.45, 2.75) is 12.5 Å². The van der Waals surface area contributed by atoms with Crippen LogP contribution in [0.3, 0.4) is 0 Å². The number of imide groups is 1. The van der Waals surface area contributed by atoms with Gasteiger partial charge in [0.2, 0.25) is 0 Å². The Kier molecular flexibility index (Phi) is 2.99. The zero-order valence-electron chi connectivity index (χ0n) is 12.7. The van der Waals surface area contributed by atoms with Crippen LogP contribution in [0.4, 0.5) is 16.2 Å². The molecule has 5 heteroatoms. The van der Waals surface area contributed by atoms with Crippen molar-refractivity contribution in [3.63, 3.8) is 0 Å². The maximum atomic E-state index is 13.0. The van der Waals surface area contributed by atoms with Crippen LogP contribution >= 0.6 is 0 Å². The van der Waals surface area contributed by atoms with Gasteiger partial charge in [0.15, 0.2) is 5.54 Å². The van der Waals surface area contributed by atoms with Crippen LogP contribution in [0.5, 0.6) is 0 Å². The standard InChI is InChI=1S/C18H16N2O3/c1-13-7-9-15(10-8-13)20-17(22)19(14-5-3-2-4-6-14)16(21)18(20)11-23-12-18/h2-10H,11-12H2,1H3. The van der Waals surface area contributed by atoms with Crippen molar-refractivity contribution in [2.75, 3.05) is 23.0 Å². The number of benzene rings is 2. The minimum Gasteiger partial charge on any atom is -0.375 e. The summed E-state index contributed by atoms with van der Waals surface area (Å²) in [4.78, 5) is 28.8. The number of aryl methyl sites for hydroxylation is 1. The second-order valence-electron chi connectivity index (χ2n) is 5.95. The van der Waals surface area contributed by atoms with E-state index in [2.05, 4.69) is 0 Å². The van der Waals surface area contributed by atoms with Crippen molar-refractivity contribution in [1.29, 1.82) is 0 Å². The molecule has 0 aliphatic carbocycles. The molecule has 2 aliphatic rings. The fraction of sp³-hybridized carbons (Fsp3) is 0.222. The molecule has 0 saturated carbocycles. The molecule has 5 nitrogen and oxygen atoms in total. The van der Waals surface area contributed by atoms with Crippen LogP contribution in [0.1, 0.15) is 5.56 Å². The van der Waals surface area contributed by atoms with Gasteiger partial charge in [0.1, 0.15) is 0 Å². The highest BCUT2D eigenvalue weighted by atomic mass is 16.5. The Labute approximate surface area is 134 Å². The van der Waals surface area contributed by atoms with Gasteiger partial charge in [0.25, 0.3) is 5.91 Å². The monoisotopic (exact) mass is 308 g/mol. The SMILES string of the molecule is Cc1ccc(N2C(=O)N(c3ccccc3)C(=O)C23COC3)cc1. The van der Waals surface area contributed by atoms with Crippen molar-refractivity contribution in [1.82, 2.24) is 0 Å². The molecule has 2 aromatic rings. The summed E-state index contributed by atoms with van der Waals surface area (Å²) in [6.45, 7) is 2.45. The van der Waals surface area contributed by atoms with E-state index < -0.39 is 5.54 Å². The normalized spacial score (nSPS) is 19.3. The predicted octanol–water partition coefficient (Wildman–Crippen LogP) is 2.74. The maximum Gasteiger partial charge on any atom is 0.337 e. The van der Waals surface area contributed by atoms with Gasteiger partial charge in [-0.15, -0.1) is 0 Å². The van der Waals surface area contributed by atoms with Gasteiger partial charge in [-0.3, -0.25) is 9.69 Å². The van der Waals surface area contributed by atoms with E-state index in [1.54, 1.807) is 17.0 Å². The molecular formula is C18H16N2O3. The number of amides is 3. The lowest BCUT2D eigenvalue weighted by atomic mass is 9.94. The maximum absolute atomic E-state index is 13.0. The van der Waals surface area contributed by atoms with E-state index in [1.165, 1.54) is 4.90 Å². The summed E-state index contributed by atoms with van der Waals surface area (Å²) in [5.74, 6) is -0.222. The van der Waals surface area contributed by atoms with Gasteiger partial charge in [-0.05, 0) is 31.2 Å². The molecule has 4 rings (SSSR count). The lowest BCUT2D eigenvalue weighted by Gasteiger charge is -2.41. The molecule has 2 aromatic carbocycles. The fourth-order valence-electron chi connectivity index (χ4n) is 3.08. The lowest BCUT2D eigenvalue weighted by Crippen LogP contribution is -2.64. The first-order chi connectivity index (χ1) is 11.1. The number of hydrogen-bond donors (Lipinski definition) is 0. The summed E-state index contributed by atoms with van der Waals surface area (Å²) in [5.41, 5.74) is 1.49. The highest BCUT2D eigenvalue weighted by Crippen LogP contribution is 2.40. The Hall–Kier alpha value is -2.66. The minimum absolute atomic E-state index is 0.222. The van der Waals surface area contributed by atoms with Gasteiger partial charge >= 0.3 is 6.03 Å². The average molecular weight is 308 g/mol. The van der Waals surface area contributed by atoms with Crippen LogP contribution in [0.2, 0.25) is 0 Å². The predicted molar refractivity (Wildman–Crippen MR) is 86.5 cm³/mol. The number of carbonyl (C=O) groups excluding carboxylic acids is 2. The fourth-order valence-corrected chi connectivity index (χ4v) is 3.08. The summed E-state index contributed by atoms with van der Waals surface area (Å²) in [6, 6.07) is 16.3. The van der Waals surface area contributed by atoms with Crippen molar-refractivity contribution >= 4 is 23.3 Å². The number of nitrogens with zero attached hydrogens (tertiary/aromatic N) is 2. The number of hydrogen-bond acceptors (Lipinski definition) is 3. The third-order valence-electron chi connectivity index (χ3n) is 4.40. The number of rotatable bonds is 2. The molecule has 2 fully saturated rings. The molecule has 0 unspecified atom stereocenters. The highest BCUT2D eigenvalue weighted by Gasteiger charge is 2.62. The molecule has 1 spiro atoms. The molecular weight excluding hydrogens is 292 g/mol. The minimum atomic E-state index is -0.915. The largest absolute Gasteiger partial charge is 0.375 e. The second-order valence-corrected chi connectivity index (χ2v) is 5.95. The summed E-state index contributed by atoms with van der Waals surface area (Å²) < 4.78 is 5.30. The van der Waals surface area contributed by atoms with Gasteiger partial charge in [-0.2, -0.15) is 0 Å². The van der Waals surface area contributed by atoms with E-state index in [0.717, 1.165) is 11.3 Å². The quantitative estimate of drug-likeness (QED) is 0.802. The third-order valence-corrected chi connectivity index (χ3v) is 4.40. The molecule has 0 aromatic heterocycles. The van der Waals surface area contributed by atoms with Crippen LogP contribution in [0, 0.1) is 6.92 Å². The summed E-state index contributed by atoms with van der Waals surface area (Å²) in [7, 11) is 0. The molecule has 2 aliphatic heterocycles. The third kappa shape index (κ3) is 1.90. The van der Waals surface area contributed by atoms with E-state index in [1.807, 2.05) is 49.4 Å². The Morgan fingerprint density at radius 2 is 1.57 bits per heavy atom. The molecule has 2 saturated heterocycles. The van der Waals surface area contributed by atoms with Crippen LogP contribution < -0.4 is 9.80 Å². The highest BCUT2D eigenvalue weighted by molar-refractivity contribution is 6.31. The first-order valence-corrected chi connectivity index (χ1v) is 7.52. The van der Waals surface area contributed by atoms with E-state index in [4.69, 9.17) is 4.74 Å². The van der Waals surface area contributed by atoms with Gasteiger partial charge in [0.05, 0.1) is 18.9 Å². The molecule has 0 atom stereocenters. The number of urea groups is 1. The van der Waals surface area contributed by atoms with E-state index in [0.29, 0.717) is 5.69 Å². The molecule has 0 N–H and O–H groups in total. The van der Waals surface area contributed by atoms with Crippen molar-refractivity contribution < 1.29 is 14.3 Å². The first-order valence-electron chi connectivity index (χ1n) is 7.52. The topological polar surface area (TPSA) is 49.9 Å². The number of carbonyl (C=O) groups is 2. The summed E-state index contributed by atoms with van der Waals surface area (Å²) >= 11 is 0. The van der Waals surface area contributed by atoms with Crippen molar-refractivity contribution in [3.05, 3.63) is 60.2 Å². The second kappa shape index (κ2) is 4.93. The van der Waals surface area contributed by atoms with E-state index >= 15 is 0 Å². The molecule has 0 bridgehead atoms. The molecule has 0 radical (unpaired) electrons. The van der Waals surface area contributed by atoms with Crippen molar-refractivity contribution in [2.24, 2.45) is 0 Å². The zero-order chi connectivity index (χ0) is 16.0. The molecule has 23 heavy (non-hydrogen) atoms. The van der Waals surface area contributed by atoms with E-state index in [-0.39, 0.29) is 25.2 Å². The summed E-state index contributed by atoms with van der Waals surface area (Å²) in [5, 5.41) is 0. The number of para-hydroxylation sites is 1. The van der Waals surface area contributed by atoms with Crippen LogP contribution in [-0.4, -0.2) is 30.7 Å². The van der Waals surface area contributed by atoms with Crippen LogP contribution in [0.25, 0.3) is 0 Å².